The Bertz CT molecular complexity index is 200. The summed E-state index contributed by atoms with van der Waals surface area (Å²) in [6.45, 7) is 7.17. The normalized spacial score (nSPS) is 35.8. The van der Waals surface area contributed by atoms with Gasteiger partial charge in [-0.2, -0.15) is 0 Å². The third kappa shape index (κ3) is 1.22. The molecule has 0 amide bonds. The largest absolute Gasteiger partial charge is 0.0850 e. The fraction of sp³-hybridized carbons (Fsp3) is 0.833. The van der Waals surface area contributed by atoms with Crippen molar-refractivity contribution in [3.8, 4) is 0 Å². The highest BCUT2D eigenvalue weighted by Crippen LogP contribution is 2.48. The molecule has 1 saturated carbocycles. The molecule has 0 aromatic heterocycles. The van der Waals surface area contributed by atoms with E-state index in [4.69, 9.17) is 0 Å². The molecule has 3 atom stereocenters. The van der Waals surface area contributed by atoms with Crippen LogP contribution in [-0.2, 0) is 0 Å². The zero-order chi connectivity index (χ0) is 8.72. The molecule has 3 unspecified atom stereocenters. The molecule has 12 heavy (non-hydrogen) atoms. The van der Waals surface area contributed by atoms with Crippen LogP contribution in [0.15, 0.2) is 11.6 Å². The van der Waals surface area contributed by atoms with Gasteiger partial charge < -0.3 is 0 Å². The second-order valence-electron chi connectivity index (χ2n) is 5.03. The van der Waals surface area contributed by atoms with Crippen molar-refractivity contribution in [1.82, 2.24) is 0 Å². The first-order valence-electron chi connectivity index (χ1n) is 5.36. The first kappa shape index (κ1) is 8.34. The van der Waals surface area contributed by atoms with Crippen molar-refractivity contribution in [3.63, 3.8) is 0 Å². The van der Waals surface area contributed by atoms with Gasteiger partial charge in [0.25, 0.3) is 0 Å². The summed E-state index contributed by atoms with van der Waals surface area (Å²) in [4.78, 5) is 0. The molecule has 0 saturated heterocycles. The lowest BCUT2D eigenvalue weighted by Gasteiger charge is -2.28. The summed E-state index contributed by atoms with van der Waals surface area (Å²) < 4.78 is 0. The first-order chi connectivity index (χ1) is 5.68. The zero-order valence-electron chi connectivity index (χ0n) is 8.51. The molecule has 0 aromatic carbocycles. The van der Waals surface area contributed by atoms with E-state index in [1.165, 1.54) is 19.3 Å². The monoisotopic (exact) mass is 164 g/mol. The summed E-state index contributed by atoms with van der Waals surface area (Å²) in [5.41, 5.74) is 1.76. The van der Waals surface area contributed by atoms with Gasteiger partial charge in [0.1, 0.15) is 0 Å². The molecule has 0 N–H and O–H groups in total. The van der Waals surface area contributed by atoms with Crippen LogP contribution in [0, 0.1) is 23.7 Å². The molecule has 2 aliphatic carbocycles. The summed E-state index contributed by atoms with van der Waals surface area (Å²) in [6, 6.07) is 0. The molecular weight excluding hydrogens is 144 g/mol. The smallest absolute Gasteiger partial charge is 0.0286 e. The topological polar surface area (TPSA) is 0 Å². The molecule has 2 rings (SSSR count). The Balaban J connectivity index is 2.03. The zero-order valence-corrected chi connectivity index (χ0v) is 8.51. The summed E-state index contributed by atoms with van der Waals surface area (Å²) >= 11 is 0. The number of allylic oxidation sites excluding steroid dienone is 2. The maximum Gasteiger partial charge on any atom is -0.0286 e. The van der Waals surface area contributed by atoms with Gasteiger partial charge in [0.05, 0.1) is 0 Å². The molecule has 68 valence electrons. The summed E-state index contributed by atoms with van der Waals surface area (Å²) in [5, 5.41) is 0. The molecule has 0 aromatic rings. The van der Waals surface area contributed by atoms with Crippen LogP contribution in [0.3, 0.4) is 0 Å². The molecule has 0 heterocycles. The second kappa shape index (κ2) is 2.90. The third-order valence-corrected chi connectivity index (χ3v) is 4.06. The van der Waals surface area contributed by atoms with E-state index in [0.29, 0.717) is 0 Å². The maximum absolute atomic E-state index is 2.48. The minimum absolute atomic E-state index is 0.870. The van der Waals surface area contributed by atoms with Crippen LogP contribution in [0.1, 0.15) is 40.0 Å². The number of rotatable bonds is 2. The molecule has 0 heteroatoms. The molecular formula is C12H20. The Morgan fingerprint density at radius 2 is 2.00 bits per heavy atom. The Kier molecular flexibility index (Phi) is 2.02. The molecule has 2 bridgehead atoms. The molecule has 0 aliphatic heterocycles. The van der Waals surface area contributed by atoms with E-state index in [9.17, 15) is 0 Å². The van der Waals surface area contributed by atoms with Gasteiger partial charge in [-0.1, -0.05) is 32.4 Å². The fourth-order valence-corrected chi connectivity index (χ4v) is 2.89. The van der Waals surface area contributed by atoms with Gasteiger partial charge >= 0.3 is 0 Å². The van der Waals surface area contributed by atoms with Crippen LogP contribution in [0.2, 0.25) is 0 Å². The van der Waals surface area contributed by atoms with Crippen LogP contribution in [-0.4, -0.2) is 0 Å². The van der Waals surface area contributed by atoms with E-state index in [0.717, 1.165) is 23.7 Å². The van der Waals surface area contributed by atoms with Crippen molar-refractivity contribution in [2.45, 2.75) is 40.0 Å². The number of hydrogen-bond donors (Lipinski definition) is 0. The lowest BCUT2D eigenvalue weighted by molar-refractivity contribution is 0.221. The van der Waals surface area contributed by atoms with Crippen LogP contribution in [0.4, 0.5) is 0 Å². The molecule has 0 nitrogen and oxygen atoms in total. The molecule has 0 radical (unpaired) electrons. The third-order valence-electron chi connectivity index (χ3n) is 4.06. The molecule has 1 fully saturated rings. The Morgan fingerprint density at radius 3 is 2.42 bits per heavy atom. The Morgan fingerprint density at radius 1 is 1.25 bits per heavy atom. The van der Waals surface area contributed by atoms with Crippen molar-refractivity contribution in [3.05, 3.63) is 11.6 Å². The molecule has 0 spiro atoms. The lowest BCUT2D eigenvalue weighted by atomic mass is 9.77. The van der Waals surface area contributed by atoms with Gasteiger partial charge in [-0.25, -0.2) is 0 Å². The van der Waals surface area contributed by atoms with Gasteiger partial charge in [-0.05, 0) is 42.9 Å². The van der Waals surface area contributed by atoms with Gasteiger partial charge in [-0.15, -0.1) is 0 Å². The Labute approximate surface area is 76.1 Å². The predicted octanol–water partition coefficient (Wildman–Crippen LogP) is 3.63. The number of fused-ring (bicyclic) bond motifs is 2. The number of hydrogen-bond acceptors (Lipinski definition) is 0. The highest BCUT2D eigenvalue weighted by atomic mass is 14.4. The summed E-state index contributed by atoms with van der Waals surface area (Å²) in [5.74, 6) is 3.85. The predicted molar refractivity (Wildman–Crippen MR) is 52.9 cm³/mol. The van der Waals surface area contributed by atoms with Crippen molar-refractivity contribution < 1.29 is 0 Å². The average molecular weight is 164 g/mol. The summed E-state index contributed by atoms with van der Waals surface area (Å²) in [6.07, 6.45) is 6.72. The van der Waals surface area contributed by atoms with E-state index < -0.39 is 0 Å². The average Bonchev–Trinajstić information content (AvgIpc) is 2.62. The van der Waals surface area contributed by atoms with E-state index >= 15 is 0 Å². The van der Waals surface area contributed by atoms with E-state index in [1.54, 1.807) is 5.57 Å². The summed E-state index contributed by atoms with van der Waals surface area (Å²) in [7, 11) is 0. The van der Waals surface area contributed by atoms with E-state index in [1.807, 2.05) is 0 Å². The van der Waals surface area contributed by atoms with Crippen molar-refractivity contribution in [2.75, 3.05) is 0 Å². The van der Waals surface area contributed by atoms with Crippen LogP contribution in [0.25, 0.3) is 0 Å². The van der Waals surface area contributed by atoms with Crippen LogP contribution < -0.4 is 0 Å². The quantitative estimate of drug-likeness (QED) is 0.547. The Hall–Kier alpha value is -0.260. The van der Waals surface area contributed by atoms with Crippen molar-refractivity contribution >= 4 is 0 Å². The second-order valence-corrected chi connectivity index (χ2v) is 5.03. The van der Waals surface area contributed by atoms with Crippen LogP contribution >= 0.6 is 0 Å². The van der Waals surface area contributed by atoms with E-state index in [2.05, 4.69) is 26.8 Å². The van der Waals surface area contributed by atoms with Gasteiger partial charge in [-0.3, -0.25) is 0 Å². The standard InChI is InChI=1S/C12H20/c1-8(2)9(3)12-7-10-4-5-11(12)6-10/h4,8-9,11-12H,5-7H2,1-3H3. The van der Waals surface area contributed by atoms with Crippen molar-refractivity contribution in [1.29, 1.82) is 0 Å². The van der Waals surface area contributed by atoms with Gasteiger partial charge in [0.15, 0.2) is 0 Å². The molecule has 2 aliphatic rings. The van der Waals surface area contributed by atoms with E-state index in [-0.39, 0.29) is 0 Å². The minimum atomic E-state index is 0.870. The van der Waals surface area contributed by atoms with Gasteiger partial charge in [0.2, 0.25) is 0 Å². The highest BCUT2D eigenvalue weighted by Gasteiger charge is 2.37. The van der Waals surface area contributed by atoms with Crippen molar-refractivity contribution in [2.24, 2.45) is 23.7 Å². The fourth-order valence-electron chi connectivity index (χ4n) is 2.89. The lowest BCUT2D eigenvalue weighted by Crippen LogP contribution is -2.21. The highest BCUT2D eigenvalue weighted by molar-refractivity contribution is 5.18. The van der Waals surface area contributed by atoms with Gasteiger partial charge in [0, 0.05) is 0 Å². The SMILES string of the molecule is CC(C)C(C)C1CC2=CCC1C2. The maximum atomic E-state index is 2.48. The minimum Gasteiger partial charge on any atom is -0.0850 e. The first-order valence-corrected chi connectivity index (χ1v) is 5.36. The van der Waals surface area contributed by atoms with Crippen LogP contribution in [0.5, 0.6) is 0 Å².